The summed E-state index contributed by atoms with van der Waals surface area (Å²) in [5.74, 6) is 1.59. The maximum Gasteiger partial charge on any atom is 0.191 e. The highest BCUT2D eigenvalue weighted by molar-refractivity contribution is 7.90. The van der Waals surface area contributed by atoms with E-state index in [1.54, 1.807) is 0 Å². The zero-order chi connectivity index (χ0) is 18.8. The molecule has 6 nitrogen and oxygen atoms in total. The molecule has 0 unspecified atom stereocenters. The first kappa shape index (κ1) is 22.2. The molecule has 7 heteroatoms. The van der Waals surface area contributed by atoms with E-state index in [9.17, 15) is 8.42 Å². The molecule has 1 aliphatic carbocycles. The van der Waals surface area contributed by atoms with Gasteiger partial charge in [0.05, 0.1) is 19.0 Å². The van der Waals surface area contributed by atoms with Gasteiger partial charge in [-0.25, -0.2) is 8.42 Å². The smallest absolute Gasteiger partial charge is 0.191 e. The van der Waals surface area contributed by atoms with Gasteiger partial charge in [-0.15, -0.1) is 0 Å². The van der Waals surface area contributed by atoms with Gasteiger partial charge in [-0.1, -0.05) is 26.7 Å². The van der Waals surface area contributed by atoms with Crippen molar-refractivity contribution in [1.29, 1.82) is 0 Å². The van der Waals surface area contributed by atoms with Crippen LogP contribution in [0, 0.1) is 11.3 Å². The summed E-state index contributed by atoms with van der Waals surface area (Å²) in [6.07, 6.45) is 7.66. The van der Waals surface area contributed by atoms with Crippen LogP contribution >= 0.6 is 0 Å². The van der Waals surface area contributed by atoms with E-state index in [0.717, 1.165) is 19.0 Å². The summed E-state index contributed by atoms with van der Waals surface area (Å²) in [5.41, 5.74) is 0.364. The predicted octanol–water partition coefficient (Wildman–Crippen LogP) is 2.21. The molecule has 1 aliphatic rings. The molecule has 0 aliphatic heterocycles. The van der Waals surface area contributed by atoms with Crippen molar-refractivity contribution in [3.8, 4) is 0 Å². The summed E-state index contributed by atoms with van der Waals surface area (Å²) in [4.78, 5) is 4.82. The molecule has 0 spiro atoms. The van der Waals surface area contributed by atoms with E-state index >= 15 is 0 Å². The Balaban J connectivity index is 2.42. The molecule has 0 atom stereocenters. The summed E-state index contributed by atoms with van der Waals surface area (Å²) in [7, 11) is -2.95. The summed E-state index contributed by atoms with van der Waals surface area (Å²) >= 11 is 0. The van der Waals surface area contributed by atoms with E-state index in [0.29, 0.717) is 24.5 Å². The van der Waals surface area contributed by atoms with Crippen LogP contribution in [0.5, 0.6) is 0 Å². The van der Waals surface area contributed by atoms with E-state index < -0.39 is 9.84 Å². The number of nitrogens with one attached hydrogen (secondary N) is 2. The van der Waals surface area contributed by atoms with E-state index in [-0.39, 0.29) is 12.4 Å². The summed E-state index contributed by atoms with van der Waals surface area (Å²) in [5, 5.41) is 6.56. The highest BCUT2D eigenvalue weighted by Crippen LogP contribution is 2.43. The third-order valence-electron chi connectivity index (χ3n) is 4.56. The summed E-state index contributed by atoms with van der Waals surface area (Å²) in [6, 6.07) is 0. The predicted molar refractivity (Wildman–Crippen MR) is 105 cm³/mol. The maximum absolute atomic E-state index is 11.1. The Kier molecular flexibility index (Phi) is 9.79. The van der Waals surface area contributed by atoms with Crippen molar-refractivity contribution < 1.29 is 13.2 Å². The van der Waals surface area contributed by atoms with Gasteiger partial charge in [-0.05, 0) is 37.5 Å². The molecule has 2 N–H and O–H groups in total. The first-order valence-corrected chi connectivity index (χ1v) is 11.6. The average molecular weight is 376 g/mol. The molecule has 148 valence electrons. The Morgan fingerprint density at radius 1 is 1.20 bits per heavy atom. The number of ether oxygens (including phenoxy) is 1. The Labute approximate surface area is 154 Å². The minimum Gasteiger partial charge on any atom is -0.379 e. The third-order valence-corrected chi connectivity index (χ3v) is 5.47. The molecule has 1 rings (SSSR count). The lowest BCUT2D eigenvalue weighted by Gasteiger charge is -2.29. The first-order chi connectivity index (χ1) is 11.8. The second kappa shape index (κ2) is 11.0. The number of guanidine groups is 1. The SMILES string of the molecule is CCNC(=NCC1(CC(C)C)CCCC1)NCCOCCS(C)(=O)=O. The minimum atomic E-state index is -2.95. The molecule has 25 heavy (non-hydrogen) atoms. The molecule has 0 saturated heterocycles. The zero-order valence-corrected chi connectivity index (χ0v) is 17.3. The van der Waals surface area contributed by atoms with Gasteiger partial charge in [0, 0.05) is 25.9 Å². The maximum atomic E-state index is 11.1. The molecule has 0 aromatic heterocycles. The van der Waals surface area contributed by atoms with Crippen LogP contribution in [0.2, 0.25) is 0 Å². The van der Waals surface area contributed by atoms with E-state index in [2.05, 4.69) is 31.4 Å². The standard InChI is InChI=1S/C18H37N3O3S/c1-5-19-17(20-10-11-24-12-13-25(4,22)23)21-15-18(14-16(2)3)8-6-7-9-18/h16H,5-15H2,1-4H3,(H2,19,20,21). The number of hydrogen-bond acceptors (Lipinski definition) is 4. The molecule has 1 fully saturated rings. The molecular weight excluding hydrogens is 338 g/mol. The number of rotatable bonds is 11. The lowest BCUT2D eigenvalue weighted by atomic mass is 9.78. The second-order valence-corrected chi connectivity index (χ2v) is 9.93. The fourth-order valence-electron chi connectivity index (χ4n) is 3.56. The molecule has 0 amide bonds. The average Bonchev–Trinajstić information content (AvgIpc) is 2.95. The highest BCUT2D eigenvalue weighted by Gasteiger charge is 2.34. The van der Waals surface area contributed by atoms with Gasteiger partial charge in [0.1, 0.15) is 9.84 Å². The molecule has 0 aromatic rings. The van der Waals surface area contributed by atoms with Crippen LogP contribution in [0.4, 0.5) is 0 Å². The lowest BCUT2D eigenvalue weighted by Crippen LogP contribution is -2.40. The van der Waals surface area contributed by atoms with Crippen molar-refractivity contribution in [2.24, 2.45) is 16.3 Å². The van der Waals surface area contributed by atoms with Crippen LogP contribution in [0.15, 0.2) is 4.99 Å². The Bertz CT molecular complexity index is 498. The first-order valence-electron chi connectivity index (χ1n) is 9.54. The van der Waals surface area contributed by atoms with Gasteiger partial charge in [0.15, 0.2) is 5.96 Å². The molecule has 0 heterocycles. The Hall–Kier alpha value is -0.820. The zero-order valence-electron chi connectivity index (χ0n) is 16.4. The van der Waals surface area contributed by atoms with Crippen LogP contribution in [-0.2, 0) is 14.6 Å². The largest absolute Gasteiger partial charge is 0.379 e. The third kappa shape index (κ3) is 10.0. The minimum absolute atomic E-state index is 0.0683. The van der Waals surface area contributed by atoms with Gasteiger partial charge >= 0.3 is 0 Å². The van der Waals surface area contributed by atoms with Crippen LogP contribution in [0.25, 0.3) is 0 Å². The van der Waals surface area contributed by atoms with E-state index in [1.807, 2.05) is 0 Å². The molecule has 0 radical (unpaired) electrons. The van der Waals surface area contributed by atoms with Gasteiger partial charge in [-0.2, -0.15) is 0 Å². The Morgan fingerprint density at radius 3 is 2.44 bits per heavy atom. The van der Waals surface area contributed by atoms with Gasteiger partial charge in [-0.3, -0.25) is 4.99 Å². The van der Waals surface area contributed by atoms with Crippen molar-refractivity contribution in [1.82, 2.24) is 10.6 Å². The molecule has 1 saturated carbocycles. The monoisotopic (exact) mass is 375 g/mol. The summed E-state index contributed by atoms with van der Waals surface area (Å²) < 4.78 is 27.5. The van der Waals surface area contributed by atoms with Crippen molar-refractivity contribution in [2.45, 2.75) is 52.9 Å². The summed E-state index contributed by atoms with van der Waals surface area (Å²) in [6.45, 7) is 9.66. The fraction of sp³-hybridized carbons (Fsp3) is 0.944. The van der Waals surface area contributed by atoms with Gasteiger partial charge in [0.25, 0.3) is 0 Å². The normalized spacial score (nSPS) is 17.9. The number of sulfone groups is 1. The van der Waals surface area contributed by atoms with Crippen molar-refractivity contribution >= 4 is 15.8 Å². The van der Waals surface area contributed by atoms with E-state index in [1.165, 1.54) is 38.4 Å². The Morgan fingerprint density at radius 2 is 1.88 bits per heavy atom. The van der Waals surface area contributed by atoms with Crippen molar-refractivity contribution in [3.05, 3.63) is 0 Å². The number of nitrogens with zero attached hydrogens (tertiary/aromatic N) is 1. The molecular formula is C18H37N3O3S. The number of hydrogen-bond donors (Lipinski definition) is 2. The molecule has 0 aromatic carbocycles. The van der Waals surface area contributed by atoms with Crippen molar-refractivity contribution in [2.75, 3.05) is 44.9 Å². The van der Waals surface area contributed by atoms with E-state index in [4.69, 9.17) is 9.73 Å². The fourth-order valence-corrected chi connectivity index (χ4v) is 3.98. The van der Waals surface area contributed by atoms with Crippen LogP contribution < -0.4 is 10.6 Å². The topological polar surface area (TPSA) is 79.8 Å². The number of aliphatic imine (C=N–C) groups is 1. The second-order valence-electron chi connectivity index (χ2n) is 7.67. The molecule has 0 bridgehead atoms. The highest BCUT2D eigenvalue weighted by atomic mass is 32.2. The quantitative estimate of drug-likeness (QED) is 0.329. The van der Waals surface area contributed by atoms with Crippen LogP contribution in [0.1, 0.15) is 52.9 Å². The van der Waals surface area contributed by atoms with Crippen LogP contribution in [0.3, 0.4) is 0 Å². The van der Waals surface area contributed by atoms with Crippen molar-refractivity contribution in [3.63, 3.8) is 0 Å². The lowest BCUT2D eigenvalue weighted by molar-refractivity contribution is 0.154. The van der Waals surface area contributed by atoms with Gasteiger partial charge < -0.3 is 15.4 Å². The van der Waals surface area contributed by atoms with Gasteiger partial charge in [0.2, 0.25) is 0 Å². The van der Waals surface area contributed by atoms with Crippen LogP contribution in [-0.4, -0.2) is 59.2 Å².